The van der Waals surface area contributed by atoms with E-state index in [0.717, 1.165) is 12.5 Å². The van der Waals surface area contributed by atoms with Gasteiger partial charge in [-0.25, -0.2) is 21.6 Å². The van der Waals surface area contributed by atoms with Gasteiger partial charge in [-0.05, 0) is 24.1 Å². The normalized spacial score (nSPS) is 11.4. The highest BCUT2D eigenvalue weighted by molar-refractivity contribution is 8.13. The van der Waals surface area contributed by atoms with E-state index in [-0.39, 0.29) is 17.2 Å². The summed E-state index contributed by atoms with van der Waals surface area (Å²) in [4.78, 5) is 10.9. The van der Waals surface area contributed by atoms with E-state index in [4.69, 9.17) is 9.84 Å². The van der Waals surface area contributed by atoms with Crippen LogP contribution in [0.2, 0.25) is 0 Å². The molecule has 2 N–H and O–H groups in total. The molecule has 0 unspecified atom stereocenters. The Balaban J connectivity index is 0.000000922. The number of anilines is 1. The predicted octanol–water partition coefficient (Wildman–Crippen LogP) is 1.98. The Hall–Kier alpha value is -1.52. The van der Waals surface area contributed by atoms with Crippen molar-refractivity contribution in [2.45, 2.75) is 13.8 Å². The Labute approximate surface area is 146 Å². The van der Waals surface area contributed by atoms with Gasteiger partial charge in [0.05, 0.1) is 30.4 Å². The number of hydrogen-bond donors (Lipinski definition) is 2. The summed E-state index contributed by atoms with van der Waals surface area (Å²) in [7, 11) is -2.20. The van der Waals surface area contributed by atoms with Gasteiger partial charge in [-0.1, -0.05) is 13.8 Å². The molecule has 0 radical (unpaired) electrons. The van der Waals surface area contributed by atoms with E-state index in [1.807, 2.05) is 13.8 Å². The molecule has 0 aliphatic carbocycles. The Morgan fingerprint density at radius 1 is 1.25 bits per heavy atom. The van der Waals surface area contributed by atoms with Crippen LogP contribution in [0.15, 0.2) is 18.2 Å². The SMILES string of the molecule is CC(C)COc1ccc(C(=O)O)cc1NS(C)(=O)=O.CS(=O)(=O)Cl. The van der Waals surface area contributed by atoms with Crippen molar-refractivity contribution in [2.75, 3.05) is 23.8 Å². The lowest BCUT2D eigenvalue weighted by Gasteiger charge is -2.14. The van der Waals surface area contributed by atoms with Gasteiger partial charge in [0.1, 0.15) is 5.75 Å². The second kappa shape index (κ2) is 9.09. The van der Waals surface area contributed by atoms with Gasteiger partial charge < -0.3 is 9.84 Å². The Kier molecular flexibility index (Phi) is 8.52. The summed E-state index contributed by atoms with van der Waals surface area (Å²) in [5.41, 5.74) is 0.117. The van der Waals surface area contributed by atoms with Crippen molar-refractivity contribution in [3.05, 3.63) is 23.8 Å². The van der Waals surface area contributed by atoms with Crippen molar-refractivity contribution in [3.8, 4) is 5.75 Å². The number of carboxylic acids is 1. The first-order valence-corrected chi connectivity index (χ1v) is 11.2. The van der Waals surface area contributed by atoms with Crippen molar-refractivity contribution in [3.63, 3.8) is 0 Å². The van der Waals surface area contributed by atoms with Gasteiger partial charge in [-0.15, -0.1) is 0 Å². The third-order valence-electron chi connectivity index (χ3n) is 2.09. The van der Waals surface area contributed by atoms with Crippen molar-refractivity contribution in [1.82, 2.24) is 0 Å². The van der Waals surface area contributed by atoms with E-state index in [1.54, 1.807) is 0 Å². The number of rotatable bonds is 6. The summed E-state index contributed by atoms with van der Waals surface area (Å²) < 4.78 is 49.0. The summed E-state index contributed by atoms with van der Waals surface area (Å²) in [5.74, 6) is -0.554. The third-order valence-corrected chi connectivity index (χ3v) is 2.68. The Bertz CT molecular complexity index is 766. The zero-order chi connectivity index (χ0) is 19.1. The standard InChI is InChI=1S/C12H17NO5S.CH3ClO2S/c1-8(2)7-18-11-5-4-9(12(14)15)6-10(11)13-19(3,16)17;1-5(2,3)4/h4-6,8,13H,7H2,1-3H3,(H,14,15);1H3. The molecule has 0 fully saturated rings. The van der Waals surface area contributed by atoms with Gasteiger partial charge in [0.15, 0.2) is 0 Å². The van der Waals surface area contributed by atoms with Crippen molar-refractivity contribution < 1.29 is 31.5 Å². The molecule has 0 saturated heterocycles. The molecule has 0 aliphatic heterocycles. The molecule has 8 nitrogen and oxygen atoms in total. The fourth-order valence-electron chi connectivity index (χ4n) is 1.32. The number of carboxylic acid groups (broad SMARTS) is 1. The number of nitrogens with one attached hydrogen (secondary N) is 1. The van der Waals surface area contributed by atoms with Gasteiger partial charge in [0, 0.05) is 10.7 Å². The number of halogens is 1. The zero-order valence-electron chi connectivity index (χ0n) is 13.6. The third kappa shape index (κ3) is 12.0. The molecule has 0 saturated carbocycles. The van der Waals surface area contributed by atoms with E-state index in [0.29, 0.717) is 12.4 Å². The largest absolute Gasteiger partial charge is 0.491 e. The lowest BCUT2D eigenvalue weighted by molar-refractivity contribution is 0.0697. The molecule has 1 aromatic rings. The molecule has 0 aromatic heterocycles. The minimum atomic E-state index is -3.50. The molecular formula is C13H20ClNO7S2. The van der Waals surface area contributed by atoms with Crippen LogP contribution in [0.3, 0.4) is 0 Å². The van der Waals surface area contributed by atoms with Gasteiger partial charge in [-0.3, -0.25) is 4.72 Å². The van der Waals surface area contributed by atoms with E-state index >= 15 is 0 Å². The van der Waals surface area contributed by atoms with Crippen LogP contribution in [-0.4, -0.2) is 47.0 Å². The Morgan fingerprint density at radius 2 is 1.75 bits per heavy atom. The number of hydrogen-bond acceptors (Lipinski definition) is 6. The van der Waals surface area contributed by atoms with Gasteiger partial charge >= 0.3 is 5.97 Å². The van der Waals surface area contributed by atoms with E-state index < -0.39 is 25.0 Å². The van der Waals surface area contributed by atoms with Crippen molar-refractivity contribution in [2.24, 2.45) is 5.92 Å². The topological polar surface area (TPSA) is 127 Å². The molecule has 138 valence electrons. The van der Waals surface area contributed by atoms with Crippen LogP contribution < -0.4 is 9.46 Å². The molecule has 1 aromatic carbocycles. The Morgan fingerprint density at radius 3 is 2.12 bits per heavy atom. The van der Waals surface area contributed by atoms with Crippen molar-refractivity contribution >= 4 is 41.4 Å². The summed E-state index contributed by atoms with van der Waals surface area (Å²) >= 11 is 0. The summed E-state index contributed by atoms with van der Waals surface area (Å²) in [6, 6.07) is 4.05. The second-order valence-electron chi connectivity index (χ2n) is 5.28. The number of aromatic carboxylic acids is 1. The first-order valence-electron chi connectivity index (χ1n) is 6.56. The molecular weight excluding hydrogens is 382 g/mol. The zero-order valence-corrected chi connectivity index (χ0v) is 16.0. The maximum absolute atomic E-state index is 11.3. The molecule has 0 heterocycles. The first kappa shape index (κ1) is 22.5. The van der Waals surface area contributed by atoms with Gasteiger partial charge in [-0.2, -0.15) is 0 Å². The smallest absolute Gasteiger partial charge is 0.335 e. The first-order chi connectivity index (χ1) is 10.7. The van der Waals surface area contributed by atoms with Crippen LogP contribution in [0.4, 0.5) is 5.69 Å². The molecule has 0 spiro atoms. The molecule has 0 aliphatic rings. The lowest BCUT2D eigenvalue weighted by Crippen LogP contribution is -2.13. The number of sulfonamides is 1. The van der Waals surface area contributed by atoms with Crippen LogP contribution in [0.1, 0.15) is 24.2 Å². The monoisotopic (exact) mass is 401 g/mol. The molecule has 24 heavy (non-hydrogen) atoms. The quantitative estimate of drug-likeness (QED) is 0.697. The summed E-state index contributed by atoms with van der Waals surface area (Å²) in [6.45, 7) is 4.31. The lowest BCUT2D eigenvalue weighted by atomic mass is 10.2. The predicted molar refractivity (Wildman–Crippen MR) is 92.9 cm³/mol. The van der Waals surface area contributed by atoms with E-state index in [1.165, 1.54) is 18.2 Å². The maximum Gasteiger partial charge on any atom is 0.335 e. The van der Waals surface area contributed by atoms with Gasteiger partial charge in [0.25, 0.3) is 0 Å². The van der Waals surface area contributed by atoms with Crippen molar-refractivity contribution in [1.29, 1.82) is 0 Å². The average molecular weight is 402 g/mol. The minimum absolute atomic E-state index is 0.0111. The van der Waals surface area contributed by atoms with Crippen LogP contribution in [-0.2, 0) is 19.1 Å². The van der Waals surface area contributed by atoms with E-state index in [2.05, 4.69) is 15.4 Å². The van der Waals surface area contributed by atoms with Crippen LogP contribution in [0.5, 0.6) is 5.75 Å². The maximum atomic E-state index is 11.3. The molecule has 0 bridgehead atoms. The molecule has 0 atom stereocenters. The van der Waals surface area contributed by atoms with Crippen LogP contribution in [0.25, 0.3) is 0 Å². The van der Waals surface area contributed by atoms with Crippen LogP contribution in [0, 0.1) is 5.92 Å². The fraction of sp³-hybridized carbons (Fsp3) is 0.462. The molecule has 1 rings (SSSR count). The molecule has 11 heteroatoms. The molecule has 0 amide bonds. The van der Waals surface area contributed by atoms with Gasteiger partial charge in [0.2, 0.25) is 19.1 Å². The highest BCUT2D eigenvalue weighted by Gasteiger charge is 2.13. The number of ether oxygens (including phenoxy) is 1. The summed E-state index contributed by atoms with van der Waals surface area (Å²) in [6.07, 6.45) is 1.92. The minimum Gasteiger partial charge on any atom is -0.491 e. The number of carbonyl (C=O) groups is 1. The fourth-order valence-corrected chi connectivity index (χ4v) is 1.88. The summed E-state index contributed by atoms with van der Waals surface area (Å²) in [5, 5.41) is 8.90. The van der Waals surface area contributed by atoms with Crippen LogP contribution >= 0.6 is 10.7 Å². The highest BCUT2D eigenvalue weighted by Crippen LogP contribution is 2.27. The van der Waals surface area contributed by atoms with E-state index in [9.17, 15) is 21.6 Å². The highest BCUT2D eigenvalue weighted by atomic mass is 35.7. The average Bonchev–Trinajstić information content (AvgIpc) is 2.32. The second-order valence-corrected chi connectivity index (χ2v) is 10.1. The number of benzene rings is 1.